The first kappa shape index (κ1) is 49.6. The zero-order chi connectivity index (χ0) is 51.2. The Morgan fingerprint density at radius 1 is 0.947 bits per heavy atom. The highest BCUT2D eigenvalue weighted by Crippen LogP contribution is 2.64. The molecule has 5 heterocycles. The van der Waals surface area contributed by atoms with Crippen LogP contribution in [0.4, 0.5) is 0 Å². The van der Waals surface area contributed by atoms with Gasteiger partial charge in [0.15, 0.2) is 17.7 Å². The van der Waals surface area contributed by atoms with Gasteiger partial charge in [-0.25, -0.2) is 0 Å². The fraction of sp³-hybridized carbons (Fsp3) is 0.609. The number of aromatic hydroxyl groups is 1. The molecule has 8 N–H and O–H groups in total. The number of aryl methyl sites for hydroxylation is 1. The summed E-state index contributed by atoms with van der Waals surface area (Å²) in [4.78, 5) is 18.3. The van der Waals surface area contributed by atoms with Gasteiger partial charge in [-0.05, 0) is 139 Å². The first-order chi connectivity index (χ1) is 36.5. The van der Waals surface area contributed by atoms with Gasteiger partial charge in [0.05, 0.1) is 35.2 Å². The van der Waals surface area contributed by atoms with Crippen LogP contribution in [0.1, 0.15) is 205 Å². The highest BCUT2D eigenvalue weighted by Gasteiger charge is 2.53. The van der Waals surface area contributed by atoms with Gasteiger partial charge in [0.2, 0.25) is 0 Å². The van der Waals surface area contributed by atoms with E-state index in [1.807, 2.05) is 0 Å². The van der Waals surface area contributed by atoms with E-state index in [0.717, 1.165) is 105 Å². The first-order valence-corrected chi connectivity index (χ1v) is 29.4. The monoisotopic (exact) mass is 1010 g/mol. The number of aliphatic hydroxyl groups is 3. The molecular formula is C64H78N4O7. The van der Waals surface area contributed by atoms with Crippen molar-refractivity contribution in [2.45, 2.75) is 191 Å². The number of aliphatic hydroxyl groups excluding tert-OH is 3. The van der Waals surface area contributed by atoms with Crippen molar-refractivity contribution in [3.8, 4) is 41.1 Å². The van der Waals surface area contributed by atoms with Crippen molar-refractivity contribution in [3.05, 3.63) is 87.9 Å². The number of aromatic nitrogens is 2. The number of carbonyl (C=O) groups excluding carboxylic acids is 1. The molecule has 75 heavy (non-hydrogen) atoms. The topological polar surface area (TPSA) is 175 Å². The zero-order valence-electron chi connectivity index (χ0n) is 43.9. The Hall–Kier alpha value is -5.01. The maximum absolute atomic E-state index is 14.6. The van der Waals surface area contributed by atoms with Crippen LogP contribution in [0.5, 0.6) is 17.2 Å². The fourth-order valence-electron chi connectivity index (χ4n) is 17.3. The number of unbranched alkanes of at least 4 members (excludes halogenated alkanes) is 2. The molecule has 4 fully saturated rings. The number of nitrogens with two attached hydrogens (primary N) is 1. The molecule has 396 valence electrons. The summed E-state index contributed by atoms with van der Waals surface area (Å²) < 4.78 is 15.7. The Bertz CT molecular complexity index is 3000. The number of benzene rings is 2. The summed E-state index contributed by atoms with van der Waals surface area (Å²) in [5.74, 6) is 11.7. The lowest BCUT2D eigenvalue weighted by Crippen LogP contribution is -2.45. The maximum Gasteiger partial charge on any atom is 0.191 e. The lowest BCUT2D eigenvalue weighted by molar-refractivity contribution is -0.129. The molecule has 11 heteroatoms. The van der Waals surface area contributed by atoms with Crippen molar-refractivity contribution >= 4 is 16.7 Å². The van der Waals surface area contributed by atoms with E-state index in [1.54, 1.807) is 12.1 Å². The lowest BCUT2D eigenvalue weighted by atomic mass is 9.55. The van der Waals surface area contributed by atoms with Crippen molar-refractivity contribution in [1.29, 1.82) is 0 Å². The van der Waals surface area contributed by atoms with Crippen LogP contribution in [0.25, 0.3) is 10.9 Å². The van der Waals surface area contributed by atoms with Crippen molar-refractivity contribution in [1.82, 2.24) is 14.9 Å². The van der Waals surface area contributed by atoms with Gasteiger partial charge < -0.3 is 45.2 Å². The third kappa shape index (κ3) is 8.49. The molecule has 2 spiro atoms. The summed E-state index contributed by atoms with van der Waals surface area (Å²) in [5, 5.41) is 53.1. The second-order valence-electron chi connectivity index (χ2n) is 25.0. The summed E-state index contributed by atoms with van der Waals surface area (Å²) >= 11 is 0. The van der Waals surface area contributed by atoms with Crippen molar-refractivity contribution in [3.63, 3.8) is 0 Å². The lowest BCUT2D eigenvalue weighted by Gasteiger charge is -2.50. The number of ether oxygens (including phenoxy) is 2. The van der Waals surface area contributed by atoms with Crippen molar-refractivity contribution < 1.29 is 34.7 Å². The van der Waals surface area contributed by atoms with Gasteiger partial charge in [-0.1, -0.05) is 113 Å². The fourth-order valence-corrected chi connectivity index (χ4v) is 17.3. The molecule has 0 radical (unpaired) electrons. The third-order valence-electron chi connectivity index (χ3n) is 21.0. The maximum atomic E-state index is 14.6. The highest BCUT2D eigenvalue weighted by molar-refractivity contribution is 5.85. The summed E-state index contributed by atoms with van der Waals surface area (Å²) in [6.45, 7) is 2.96. The van der Waals surface area contributed by atoms with Crippen LogP contribution < -0.4 is 20.5 Å². The van der Waals surface area contributed by atoms with Crippen LogP contribution in [0.2, 0.25) is 0 Å². The average molecular weight is 1020 g/mol. The summed E-state index contributed by atoms with van der Waals surface area (Å²) in [6, 6.07) is 7.56. The first-order valence-electron chi connectivity index (χ1n) is 29.4. The van der Waals surface area contributed by atoms with Gasteiger partial charge >= 0.3 is 0 Å². The molecule has 6 aliphatic carbocycles. The second kappa shape index (κ2) is 19.8. The van der Waals surface area contributed by atoms with E-state index in [-0.39, 0.29) is 47.6 Å². The molecule has 3 aliphatic heterocycles. The van der Waals surface area contributed by atoms with E-state index in [4.69, 9.17) is 15.2 Å². The molecule has 4 aromatic rings. The molecule has 4 saturated carbocycles. The standard InChI is InChI=1S/C64H78N4O7/c1-2-3-4-13-43(60(73)46-28-38-15-14-37-11-5-6-12-41(37)45(38)30-54(46)72)52(70)20-16-39-29-56-55(31-53(39)71)74-27-26-63(22-7-8-23-63)49-19-21-51(69)42-17-18-44-57-40(33-67-61(44)65)32-64(24-9-10-25-64)59(58(42)57)47-34-66-50-36-68(35-48(47)50)62(49)75-56/h17-18,28-29,31,34-37,40-41,43,45-46,49,51,54,59-62,66-67,69,71-73H,2-16,20,22-25,30,32-33,65H2,1H3/t37-,40-,41+,43-,45+,46-,49+,51-,54-,59+,60+,61+,62-/m1/s1. The van der Waals surface area contributed by atoms with E-state index in [9.17, 15) is 25.2 Å². The van der Waals surface area contributed by atoms with Gasteiger partial charge in [-0.2, -0.15) is 0 Å². The molecule has 0 amide bonds. The molecule has 13 atom stereocenters. The Labute approximate surface area is 442 Å². The number of nitrogens with one attached hydrogen (secondary N) is 2. The number of ketones is 1. The molecule has 9 aliphatic rings. The van der Waals surface area contributed by atoms with E-state index in [1.165, 1.54) is 67.2 Å². The van der Waals surface area contributed by atoms with Gasteiger partial charge in [-0.15, -0.1) is 0 Å². The summed E-state index contributed by atoms with van der Waals surface area (Å²) in [6.07, 6.45) is 28.8. The zero-order valence-corrected chi connectivity index (χ0v) is 43.9. The number of phenols is 1. The molecule has 13 rings (SSSR count). The van der Waals surface area contributed by atoms with Crippen LogP contribution in [0.15, 0.2) is 54.5 Å². The van der Waals surface area contributed by atoms with Crippen LogP contribution in [0, 0.1) is 70.2 Å². The molecule has 0 saturated heterocycles. The Balaban J connectivity index is 0.847. The number of H-pyrrole nitrogens is 1. The number of hydrogen-bond donors (Lipinski definition) is 7. The molecule has 11 nitrogen and oxygen atoms in total. The van der Waals surface area contributed by atoms with Crippen molar-refractivity contribution in [2.24, 2.45) is 52.1 Å². The SMILES string of the molecule is CCCCC[C@H](C(=O)CCc1cc2c(cc1O)OC#CC1(CCCC1)[C@H]1C#C[C@@H](O)c3ccc4c5c3[C@H](c3c[nH]c6cn(cc36)[C@@H]1O2)C1(CCCC1)C[C@@H]5CN[C@@H]4N)[C@H](O)[C@@H]1C=C2CC[C@H]3CCCC[C@@H]3[C@H]2C[C@H]1O. The molecule has 0 unspecified atom stereocenters. The van der Waals surface area contributed by atoms with E-state index in [0.29, 0.717) is 41.9 Å². The number of allylic oxidation sites excluding steroid dienone is 1. The number of aromatic amines is 1. The summed E-state index contributed by atoms with van der Waals surface area (Å²) in [5.41, 5.74) is 14.8. The number of rotatable bonds is 10. The Morgan fingerprint density at radius 3 is 2.60 bits per heavy atom. The largest absolute Gasteiger partial charge is 0.508 e. The van der Waals surface area contributed by atoms with E-state index < -0.39 is 47.7 Å². The number of fused-ring (bicyclic) bond motifs is 10. The minimum atomic E-state index is -1.07. The quantitative estimate of drug-likeness (QED) is 0.0463. The van der Waals surface area contributed by atoms with Crippen molar-refractivity contribution in [2.75, 3.05) is 6.54 Å². The number of phenolic OH excluding ortho intramolecular Hbond substituents is 1. The predicted octanol–water partition coefficient (Wildman–Crippen LogP) is 11.2. The molecular weight excluding hydrogens is 937 g/mol. The minimum absolute atomic E-state index is 0.0130. The minimum Gasteiger partial charge on any atom is -0.508 e. The van der Waals surface area contributed by atoms with Crippen LogP contribution >= 0.6 is 0 Å². The number of nitrogens with zero attached hydrogens (tertiary/aromatic N) is 1. The predicted molar refractivity (Wildman–Crippen MR) is 288 cm³/mol. The summed E-state index contributed by atoms with van der Waals surface area (Å²) in [7, 11) is 0. The van der Waals surface area contributed by atoms with Gasteiger partial charge in [0, 0.05) is 60.8 Å². The number of carbonyl (C=O) groups is 1. The van der Waals surface area contributed by atoms with Crippen LogP contribution in [-0.2, 0) is 11.2 Å². The van der Waals surface area contributed by atoms with E-state index >= 15 is 0 Å². The van der Waals surface area contributed by atoms with Gasteiger partial charge in [0.25, 0.3) is 0 Å². The van der Waals surface area contributed by atoms with E-state index in [2.05, 4.69) is 82.5 Å². The smallest absolute Gasteiger partial charge is 0.191 e. The Morgan fingerprint density at radius 2 is 1.76 bits per heavy atom. The normalized spacial score (nSPS) is 32.3. The Kier molecular flexibility index (Phi) is 13.1. The molecule has 2 aromatic carbocycles. The average Bonchev–Trinajstić information content (AvgIpc) is 4.25. The number of Topliss-reactive ketones (excluding diaryl/α,β-unsaturated/α-hetero) is 1. The third-order valence-corrected chi connectivity index (χ3v) is 21.0. The highest BCUT2D eigenvalue weighted by atomic mass is 16.5. The second-order valence-corrected chi connectivity index (χ2v) is 25.0. The van der Waals surface area contributed by atoms with Gasteiger partial charge in [0.1, 0.15) is 23.7 Å². The molecule has 2 bridgehead atoms. The molecule has 2 aromatic heterocycles. The van der Waals surface area contributed by atoms with Crippen LogP contribution in [-0.4, -0.2) is 54.5 Å². The van der Waals surface area contributed by atoms with Gasteiger partial charge in [-0.3, -0.25) is 10.1 Å². The number of hydrogen-bond acceptors (Lipinski definition) is 9. The van der Waals surface area contributed by atoms with Crippen LogP contribution in [0.3, 0.4) is 0 Å².